The number of hydrogen-bond donors (Lipinski definition) is 3. The molecule has 0 unspecified atom stereocenters. The molecule has 0 aliphatic heterocycles. The van der Waals surface area contributed by atoms with E-state index in [1.807, 2.05) is 53.9 Å². The third-order valence-corrected chi connectivity index (χ3v) is 5.24. The number of benzene rings is 2. The van der Waals surface area contributed by atoms with Crippen molar-refractivity contribution >= 4 is 55.6 Å². The van der Waals surface area contributed by atoms with Gasteiger partial charge in [-0.05, 0) is 41.8 Å². The second kappa shape index (κ2) is 6.82. The molecule has 0 spiro atoms. The number of fused-ring (bicyclic) bond motifs is 2. The number of rotatable bonds is 5. The Bertz CT molecular complexity index is 1280. The first-order chi connectivity index (χ1) is 13.8. The van der Waals surface area contributed by atoms with Crippen LogP contribution >= 0.6 is 11.3 Å². The Hall–Kier alpha value is -3.65. The Morgan fingerprint density at radius 1 is 1.00 bits per heavy atom. The zero-order valence-corrected chi connectivity index (χ0v) is 15.7. The van der Waals surface area contributed by atoms with Crippen molar-refractivity contribution in [3.63, 3.8) is 0 Å². The summed E-state index contributed by atoms with van der Waals surface area (Å²) < 4.78 is 6.29. The Balaban J connectivity index is 1.51. The first-order valence-electron chi connectivity index (χ1n) is 8.65. The minimum atomic E-state index is 0.519. The van der Waals surface area contributed by atoms with Crippen molar-refractivity contribution in [1.29, 1.82) is 0 Å². The van der Waals surface area contributed by atoms with E-state index in [4.69, 9.17) is 9.72 Å². The van der Waals surface area contributed by atoms with E-state index in [1.165, 1.54) is 0 Å². The second-order valence-electron chi connectivity index (χ2n) is 6.18. The standard InChI is InChI=1S/C20H16N6OS/c1-27-15-4-2-3-13(10-15)23-20-24-17-7-8-28-18(17)19(25-20)22-14-5-6-16-12(9-14)11-21-26-16/h2-11H,1H3,(H,21,26)(H2,22,23,24,25). The van der Waals surface area contributed by atoms with Gasteiger partial charge in [0.15, 0.2) is 5.82 Å². The summed E-state index contributed by atoms with van der Waals surface area (Å²) in [7, 11) is 1.64. The molecule has 5 rings (SSSR count). The van der Waals surface area contributed by atoms with E-state index in [9.17, 15) is 0 Å². The van der Waals surface area contributed by atoms with Crippen molar-refractivity contribution in [1.82, 2.24) is 20.2 Å². The van der Waals surface area contributed by atoms with Gasteiger partial charge in [0.1, 0.15) is 5.75 Å². The van der Waals surface area contributed by atoms with Crippen LogP contribution in [0.2, 0.25) is 0 Å². The predicted molar refractivity (Wildman–Crippen MR) is 113 cm³/mol. The molecular weight excluding hydrogens is 372 g/mol. The number of nitrogens with one attached hydrogen (secondary N) is 3. The highest BCUT2D eigenvalue weighted by Gasteiger charge is 2.11. The SMILES string of the molecule is COc1cccc(Nc2nc(Nc3ccc4[nH]ncc4c3)c3sccc3n2)c1. The van der Waals surface area contributed by atoms with Crippen LogP contribution in [0.15, 0.2) is 60.1 Å². The lowest BCUT2D eigenvalue weighted by Crippen LogP contribution is -2.01. The summed E-state index contributed by atoms with van der Waals surface area (Å²) in [5.41, 5.74) is 3.68. The molecule has 2 aromatic carbocycles. The zero-order chi connectivity index (χ0) is 18.9. The van der Waals surface area contributed by atoms with Gasteiger partial charge < -0.3 is 15.4 Å². The quantitative estimate of drug-likeness (QED) is 0.390. The number of aromatic amines is 1. The number of hydrogen-bond acceptors (Lipinski definition) is 7. The largest absolute Gasteiger partial charge is 0.497 e. The Morgan fingerprint density at radius 2 is 1.93 bits per heavy atom. The number of H-pyrrole nitrogens is 1. The van der Waals surface area contributed by atoms with E-state index in [2.05, 4.69) is 25.8 Å². The highest BCUT2D eigenvalue weighted by molar-refractivity contribution is 7.17. The molecule has 138 valence electrons. The normalized spacial score (nSPS) is 11.0. The van der Waals surface area contributed by atoms with Crippen LogP contribution < -0.4 is 15.4 Å². The van der Waals surface area contributed by atoms with Crippen molar-refractivity contribution in [3.05, 3.63) is 60.1 Å². The maximum Gasteiger partial charge on any atom is 0.229 e. The molecule has 0 amide bonds. The van der Waals surface area contributed by atoms with Gasteiger partial charge in [-0.3, -0.25) is 5.10 Å². The fourth-order valence-electron chi connectivity index (χ4n) is 2.99. The van der Waals surface area contributed by atoms with E-state index in [1.54, 1.807) is 24.6 Å². The summed E-state index contributed by atoms with van der Waals surface area (Å²) in [5.74, 6) is 2.05. The molecule has 7 nitrogen and oxygen atoms in total. The molecule has 3 heterocycles. The maximum atomic E-state index is 5.28. The summed E-state index contributed by atoms with van der Waals surface area (Å²) in [6, 6.07) is 15.7. The van der Waals surface area contributed by atoms with Gasteiger partial charge in [-0.15, -0.1) is 11.3 Å². The molecule has 5 aromatic rings. The molecule has 8 heteroatoms. The van der Waals surface area contributed by atoms with E-state index >= 15 is 0 Å². The van der Waals surface area contributed by atoms with Gasteiger partial charge in [0.25, 0.3) is 0 Å². The monoisotopic (exact) mass is 388 g/mol. The molecule has 0 saturated carbocycles. The summed E-state index contributed by atoms with van der Waals surface area (Å²) >= 11 is 1.61. The first-order valence-corrected chi connectivity index (χ1v) is 9.53. The van der Waals surface area contributed by atoms with Crippen molar-refractivity contribution in [2.24, 2.45) is 0 Å². The van der Waals surface area contributed by atoms with Gasteiger partial charge in [-0.1, -0.05) is 6.07 Å². The van der Waals surface area contributed by atoms with E-state index in [-0.39, 0.29) is 0 Å². The lowest BCUT2D eigenvalue weighted by molar-refractivity contribution is 0.415. The summed E-state index contributed by atoms with van der Waals surface area (Å²) in [6.45, 7) is 0. The molecule has 0 atom stereocenters. The van der Waals surface area contributed by atoms with Crippen LogP contribution in [0.3, 0.4) is 0 Å². The molecule has 0 fully saturated rings. The van der Waals surface area contributed by atoms with Gasteiger partial charge in [0.2, 0.25) is 5.95 Å². The number of methoxy groups -OCH3 is 1. The van der Waals surface area contributed by atoms with Crippen molar-refractivity contribution < 1.29 is 4.74 Å². The highest BCUT2D eigenvalue weighted by atomic mass is 32.1. The fourth-order valence-corrected chi connectivity index (χ4v) is 3.77. The number of nitrogens with zero attached hydrogens (tertiary/aromatic N) is 3. The minimum absolute atomic E-state index is 0.519. The van der Waals surface area contributed by atoms with Crippen LogP contribution in [0.25, 0.3) is 21.1 Å². The number of thiophene rings is 1. The van der Waals surface area contributed by atoms with Crippen LogP contribution in [0, 0.1) is 0 Å². The van der Waals surface area contributed by atoms with E-state index < -0.39 is 0 Å². The lowest BCUT2D eigenvalue weighted by Gasteiger charge is -2.11. The maximum absolute atomic E-state index is 5.28. The molecule has 0 aliphatic carbocycles. The Kier molecular flexibility index (Phi) is 4.02. The summed E-state index contributed by atoms with van der Waals surface area (Å²) in [5, 5.41) is 16.8. The van der Waals surface area contributed by atoms with Crippen LogP contribution in [-0.4, -0.2) is 27.3 Å². The molecule has 0 saturated heterocycles. The third-order valence-electron chi connectivity index (χ3n) is 4.33. The predicted octanol–water partition coefficient (Wildman–Crippen LogP) is 5.06. The van der Waals surface area contributed by atoms with Gasteiger partial charge in [-0.25, -0.2) is 4.98 Å². The number of anilines is 4. The molecule has 28 heavy (non-hydrogen) atoms. The van der Waals surface area contributed by atoms with Gasteiger partial charge in [-0.2, -0.15) is 10.1 Å². The van der Waals surface area contributed by atoms with Crippen LogP contribution in [0.4, 0.5) is 23.1 Å². The zero-order valence-electron chi connectivity index (χ0n) is 14.9. The number of ether oxygens (including phenoxy) is 1. The number of aromatic nitrogens is 4. The highest BCUT2D eigenvalue weighted by Crippen LogP contribution is 2.31. The third kappa shape index (κ3) is 3.10. The Morgan fingerprint density at radius 3 is 2.86 bits per heavy atom. The average Bonchev–Trinajstić information content (AvgIpc) is 3.37. The summed E-state index contributed by atoms with van der Waals surface area (Å²) in [4.78, 5) is 9.32. The lowest BCUT2D eigenvalue weighted by atomic mass is 10.2. The molecule has 0 radical (unpaired) electrons. The first kappa shape index (κ1) is 16.5. The van der Waals surface area contributed by atoms with Crippen LogP contribution in [0.1, 0.15) is 0 Å². The van der Waals surface area contributed by atoms with Crippen molar-refractivity contribution in [3.8, 4) is 5.75 Å². The van der Waals surface area contributed by atoms with E-state index in [0.29, 0.717) is 5.95 Å². The van der Waals surface area contributed by atoms with Crippen LogP contribution in [0.5, 0.6) is 5.75 Å². The minimum Gasteiger partial charge on any atom is -0.497 e. The molecule has 3 aromatic heterocycles. The second-order valence-corrected chi connectivity index (χ2v) is 7.10. The molecular formula is C20H16N6OS. The fraction of sp³-hybridized carbons (Fsp3) is 0.0500. The topological polar surface area (TPSA) is 87.8 Å². The molecule has 0 bridgehead atoms. The van der Waals surface area contributed by atoms with Crippen molar-refractivity contribution in [2.45, 2.75) is 0 Å². The van der Waals surface area contributed by atoms with Gasteiger partial charge in [0, 0.05) is 22.8 Å². The smallest absolute Gasteiger partial charge is 0.229 e. The van der Waals surface area contributed by atoms with Gasteiger partial charge >= 0.3 is 0 Å². The molecule has 3 N–H and O–H groups in total. The van der Waals surface area contributed by atoms with E-state index in [0.717, 1.165) is 44.1 Å². The average molecular weight is 388 g/mol. The Labute approximate surface area is 164 Å². The van der Waals surface area contributed by atoms with Crippen LogP contribution in [-0.2, 0) is 0 Å². The van der Waals surface area contributed by atoms with Crippen molar-refractivity contribution in [2.75, 3.05) is 17.7 Å². The summed E-state index contributed by atoms with van der Waals surface area (Å²) in [6.07, 6.45) is 1.80. The molecule has 0 aliphatic rings. The van der Waals surface area contributed by atoms with Gasteiger partial charge in [0.05, 0.1) is 29.0 Å².